The number of aryl methyl sites for hydroxylation is 2. The fourth-order valence-corrected chi connectivity index (χ4v) is 3.47. The van der Waals surface area contributed by atoms with Gasteiger partial charge in [-0.25, -0.2) is 4.79 Å². The maximum atomic E-state index is 12.0. The van der Waals surface area contributed by atoms with Crippen LogP contribution >= 0.6 is 0 Å². The maximum Gasteiger partial charge on any atom is 0.336 e. The summed E-state index contributed by atoms with van der Waals surface area (Å²) in [6, 6.07) is 13.4. The van der Waals surface area contributed by atoms with Gasteiger partial charge < -0.3 is 13.9 Å². The van der Waals surface area contributed by atoms with E-state index in [2.05, 4.69) is 13.8 Å². The summed E-state index contributed by atoms with van der Waals surface area (Å²) in [5.41, 5.74) is 2.88. The minimum absolute atomic E-state index is 0.249. The van der Waals surface area contributed by atoms with Crippen molar-refractivity contribution in [1.82, 2.24) is 0 Å². The molecule has 0 saturated heterocycles. The predicted molar refractivity (Wildman–Crippen MR) is 101 cm³/mol. The molecule has 2 heterocycles. The van der Waals surface area contributed by atoms with E-state index in [4.69, 9.17) is 13.9 Å². The van der Waals surface area contributed by atoms with Gasteiger partial charge in [-0.2, -0.15) is 0 Å². The topological polar surface area (TPSA) is 48.7 Å². The third-order valence-electron chi connectivity index (χ3n) is 4.84. The van der Waals surface area contributed by atoms with Crippen molar-refractivity contribution in [3.63, 3.8) is 0 Å². The largest absolute Gasteiger partial charge is 0.488 e. The number of hydrogen-bond acceptors (Lipinski definition) is 4. The van der Waals surface area contributed by atoms with Crippen molar-refractivity contribution in [2.75, 3.05) is 0 Å². The summed E-state index contributed by atoms with van der Waals surface area (Å²) in [6.07, 6.45) is 1.68. The summed E-state index contributed by atoms with van der Waals surface area (Å²) in [5.74, 6) is 1.42. The third-order valence-corrected chi connectivity index (χ3v) is 4.84. The molecule has 0 spiro atoms. The molecule has 1 aliphatic rings. The van der Waals surface area contributed by atoms with Crippen molar-refractivity contribution in [2.24, 2.45) is 0 Å². The molecule has 0 unspecified atom stereocenters. The number of fused-ring (bicyclic) bond motifs is 3. The van der Waals surface area contributed by atoms with Gasteiger partial charge in [0.2, 0.25) is 0 Å². The lowest BCUT2D eigenvalue weighted by Gasteiger charge is -2.33. The molecule has 0 radical (unpaired) electrons. The Hall–Kier alpha value is -2.75. The highest BCUT2D eigenvalue weighted by molar-refractivity contribution is 5.91. The highest BCUT2D eigenvalue weighted by Crippen LogP contribution is 2.42. The first-order chi connectivity index (χ1) is 12.4. The van der Waals surface area contributed by atoms with Crippen LogP contribution in [0.1, 0.15) is 37.0 Å². The van der Waals surface area contributed by atoms with E-state index in [-0.39, 0.29) is 11.2 Å². The van der Waals surface area contributed by atoms with Crippen molar-refractivity contribution in [3.05, 3.63) is 69.6 Å². The first kappa shape index (κ1) is 16.7. The quantitative estimate of drug-likeness (QED) is 0.638. The molecule has 26 heavy (non-hydrogen) atoms. The Morgan fingerprint density at radius 2 is 1.92 bits per heavy atom. The summed E-state index contributed by atoms with van der Waals surface area (Å²) in [6.45, 7) is 6.49. The lowest BCUT2D eigenvalue weighted by Crippen LogP contribution is -2.32. The molecule has 0 fully saturated rings. The van der Waals surface area contributed by atoms with Crippen molar-refractivity contribution in [1.29, 1.82) is 0 Å². The van der Waals surface area contributed by atoms with E-state index < -0.39 is 0 Å². The van der Waals surface area contributed by atoms with Gasteiger partial charge in [0.25, 0.3) is 0 Å². The van der Waals surface area contributed by atoms with Gasteiger partial charge in [0, 0.05) is 17.7 Å². The molecule has 4 heteroatoms. The van der Waals surface area contributed by atoms with Gasteiger partial charge >= 0.3 is 5.63 Å². The fourth-order valence-electron chi connectivity index (χ4n) is 3.47. The van der Waals surface area contributed by atoms with Crippen molar-refractivity contribution in [3.8, 4) is 11.5 Å². The minimum atomic E-state index is -0.345. The van der Waals surface area contributed by atoms with Crippen LogP contribution in [0.3, 0.4) is 0 Å². The van der Waals surface area contributed by atoms with Gasteiger partial charge in [-0.3, -0.25) is 0 Å². The maximum absolute atomic E-state index is 12.0. The monoisotopic (exact) mass is 350 g/mol. The van der Waals surface area contributed by atoms with Crippen LogP contribution < -0.4 is 15.1 Å². The highest BCUT2D eigenvalue weighted by atomic mass is 16.5. The molecule has 0 N–H and O–H groups in total. The van der Waals surface area contributed by atoms with E-state index in [1.165, 1.54) is 6.07 Å². The Morgan fingerprint density at radius 1 is 1.15 bits per heavy atom. The Labute approximate surface area is 152 Å². The van der Waals surface area contributed by atoms with Crippen molar-refractivity contribution in [2.45, 2.75) is 45.8 Å². The Balaban J connectivity index is 1.84. The predicted octanol–water partition coefficient (Wildman–Crippen LogP) is 4.78. The smallest absolute Gasteiger partial charge is 0.336 e. The molecule has 0 amide bonds. The number of benzene rings is 2. The van der Waals surface area contributed by atoms with Crippen molar-refractivity contribution >= 4 is 11.0 Å². The Morgan fingerprint density at radius 3 is 2.69 bits per heavy atom. The number of rotatable bonds is 3. The van der Waals surface area contributed by atoms with E-state index in [0.29, 0.717) is 17.9 Å². The standard InChI is InChI=1S/C22H22O4/c1-14-11-19(23)25-21-16-9-10-22(2,3)26-17(16)12-18(20(14)21)24-13-15-7-5-4-6-8-15/h4-8,11-12H,9-10,13H2,1-3H3. The summed E-state index contributed by atoms with van der Waals surface area (Å²) in [4.78, 5) is 12.0. The lowest BCUT2D eigenvalue weighted by molar-refractivity contribution is 0.0844. The molecule has 3 aromatic rings. The second-order valence-electron chi connectivity index (χ2n) is 7.44. The Kier molecular flexibility index (Phi) is 3.98. The molecular weight excluding hydrogens is 328 g/mol. The van der Waals surface area contributed by atoms with E-state index in [9.17, 15) is 4.79 Å². The van der Waals surface area contributed by atoms with Gasteiger partial charge in [0.05, 0.1) is 5.39 Å². The van der Waals surface area contributed by atoms with Crippen LogP contribution in [-0.4, -0.2) is 5.60 Å². The van der Waals surface area contributed by atoms with E-state index in [1.54, 1.807) is 0 Å². The summed E-state index contributed by atoms with van der Waals surface area (Å²) < 4.78 is 17.9. The SMILES string of the molecule is Cc1cc(=O)oc2c3c(cc(OCc4ccccc4)c12)OC(C)(C)CC3. The van der Waals surface area contributed by atoms with Crippen molar-refractivity contribution < 1.29 is 13.9 Å². The second kappa shape index (κ2) is 6.20. The molecule has 0 atom stereocenters. The summed E-state index contributed by atoms with van der Waals surface area (Å²) >= 11 is 0. The zero-order chi connectivity index (χ0) is 18.3. The van der Waals surface area contributed by atoms with Gasteiger partial charge in [0.15, 0.2) is 0 Å². The molecule has 0 bridgehead atoms. The zero-order valence-electron chi connectivity index (χ0n) is 15.3. The van der Waals surface area contributed by atoms with E-state index >= 15 is 0 Å². The van der Waals surface area contributed by atoms with Crippen LogP contribution in [0.25, 0.3) is 11.0 Å². The molecule has 134 valence electrons. The molecular formula is C22H22O4. The van der Waals surface area contributed by atoms with E-state index in [0.717, 1.165) is 40.7 Å². The van der Waals surface area contributed by atoms with E-state index in [1.807, 2.05) is 43.3 Å². The van der Waals surface area contributed by atoms with Crippen LogP contribution in [0.5, 0.6) is 11.5 Å². The molecule has 4 rings (SSSR count). The molecule has 4 nitrogen and oxygen atoms in total. The normalized spacial score (nSPS) is 15.3. The van der Waals surface area contributed by atoms with Gasteiger partial charge in [-0.05, 0) is 44.7 Å². The summed E-state index contributed by atoms with van der Waals surface area (Å²) in [5, 5.41) is 0.850. The average molecular weight is 350 g/mol. The fraction of sp³-hybridized carbons (Fsp3) is 0.318. The third kappa shape index (κ3) is 3.07. The van der Waals surface area contributed by atoms with Gasteiger partial charge in [0.1, 0.15) is 29.3 Å². The number of ether oxygens (including phenoxy) is 2. The van der Waals surface area contributed by atoms with Crippen LogP contribution in [-0.2, 0) is 13.0 Å². The van der Waals surface area contributed by atoms with Gasteiger partial charge in [-0.15, -0.1) is 0 Å². The Bertz CT molecular complexity index is 1020. The first-order valence-electron chi connectivity index (χ1n) is 8.89. The number of hydrogen-bond donors (Lipinski definition) is 0. The van der Waals surface area contributed by atoms with Crippen LogP contribution in [0.15, 0.2) is 51.7 Å². The molecule has 1 aromatic heterocycles. The average Bonchev–Trinajstić information content (AvgIpc) is 2.59. The first-order valence-corrected chi connectivity index (χ1v) is 8.89. The zero-order valence-corrected chi connectivity index (χ0v) is 15.3. The molecule has 2 aromatic carbocycles. The van der Waals surface area contributed by atoms with Crippen LogP contribution in [0.4, 0.5) is 0 Å². The summed E-state index contributed by atoms with van der Waals surface area (Å²) in [7, 11) is 0. The second-order valence-corrected chi connectivity index (χ2v) is 7.44. The van der Waals surface area contributed by atoms with Crippen LogP contribution in [0, 0.1) is 6.92 Å². The minimum Gasteiger partial charge on any atom is -0.488 e. The van der Waals surface area contributed by atoms with Crippen LogP contribution in [0.2, 0.25) is 0 Å². The lowest BCUT2D eigenvalue weighted by atomic mass is 9.92. The van der Waals surface area contributed by atoms with Gasteiger partial charge in [-0.1, -0.05) is 30.3 Å². The highest BCUT2D eigenvalue weighted by Gasteiger charge is 2.30. The molecule has 0 aliphatic carbocycles. The molecule has 0 saturated carbocycles. The molecule has 1 aliphatic heterocycles.